The van der Waals surface area contributed by atoms with Crippen molar-refractivity contribution >= 4 is 0 Å². The first-order valence-electron chi connectivity index (χ1n) is 6.35. The Balaban J connectivity index is 2.16. The molecule has 0 radical (unpaired) electrons. The van der Waals surface area contributed by atoms with Crippen LogP contribution in [0.25, 0.3) is 0 Å². The molecule has 18 heavy (non-hydrogen) atoms. The number of ether oxygens (including phenoxy) is 2. The summed E-state index contributed by atoms with van der Waals surface area (Å²) in [6.07, 6.45) is 2.58. The predicted octanol–water partition coefficient (Wildman–Crippen LogP) is 1.74. The van der Waals surface area contributed by atoms with Gasteiger partial charge in [0.2, 0.25) is 0 Å². The fraction of sp³-hybridized carbons (Fsp3) is 0.571. The van der Waals surface area contributed by atoms with E-state index in [1.165, 1.54) is 12.8 Å². The van der Waals surface area contributed by atoms with Gasteiger partial charge in [-0.1, -0.05) is 12.1 Å². The normalized spacial score (nSPS) is 16.4. The van der Waals surface area contributed by atoms with E-state index in [1.54, 1.807) is 14.2 Å². The maximum absolute atomic E-state index is 9.54. The summed E-state index contributed by atoms with van der Waals surface area (Å²) in [6, 6.07) is 5.63. The average Bonchev–Trinajstić information content (AvgIpc) is 3.23. The van der Waals surface area contributed by atoms with Crippen molar-refractivity contribution in [3.63, 3.8) is 0 Å². The first-order valence-corrected chi connectivity index (χ1v) is 6.35. The summed E-state index contributed by atoms with van der Waals surface area (Å²) < 4.78 is 10.7. The van der Waals surface area contributed by atoms with Crippen LogP contribution < -0.4 is 14.8 Å². The number of para-hydroxylation sites is 1. The van der Waals surface area contributed by atoms with Crippen molar-refractivity contribution in [3.05, 3.63) is 23.8 Å². The minimum Gasteiger partial charge on any atom is -0.493 e. The first-order chi connectivity index (χ1) is 8.80. The monoisotopic (exact) mass is 251 g/mol. The fourth-order valence-corrected chi connectivity index (χ4v) is 2.09. The quantitative estimate of drug-likeness (QED) is 0.775. The van der Waals surface area contributed by atoms with Gasteiger partial charge in [0.1, 0.15) is 0 Å². The summed E-state index contributed by atoms with van der Waals surface area (Å²) in [5.74, 6) is 2.17. The van der Waals surface area contributed by atoms with Gasteiger partial charge in [0.05, 0.1) is 26.9 Å². The second kappa shape index (κ2) is 6.07. The van der Waals surface area contributed by atoms with Crippen LogP contribution in [0.5, 0.6) is 11.5 Å². The van der Waals surface area contributed by atoms with Crippen molar-refractivity contribution in [3.8, 4) is 11.5 Å². The summed E-state index contributed by atoms with van der Waals surface area (Å²) in [5, 5.41) is 12.9. The molecular formula is C14H21NO3. The van der Waals surface area contributed by atoms with Gasteiger partial charge in [-0.05, 0) is 31.4 Å². The molecule has 0 amide bonds. The Bertz CT molecular complexity index is 391. The van der Waals surface area contributed by atoms with Crippen molar-refractivity contribution in [1.82, 2.24) is 5.32 Å². The standard InChI is InChI=1S/C14H21NO3/c1-17-13-5-3-4-11(14(13)18-2)12(9-16)15-8-10-6-7-10/h3-5,10,12,15-16H,6-9H2,1-2H3. The van der Waals surface area contributed by atoms with E-state index in [-0.39, 0.29) is 12.6 Å². The third-order valence-electron chi connectivity index (χ3n) is 3.34. The van der Waals surface area contributed by atoms with Gasteiger partial charge in [-0.25, -0.2) is 0 Å². The molecule has 1 aliphatic rings. The molecular weight excluding hydrogens is 230 g/mol. The fourth-order valence-electron chi connectivity index (χ4n) is 2.09. The van der Waals surface area contributed by atoms with Gasteiger partial charge in [-0.15, -0.1) is 0 Å². The van der Waals surface area contributed by atoms with Crippen LogP contribution in [0, 0.1) is 5.92 Å². The molecule has 0 saturated heterocycles. The molecule has 0 bridgehead atoms. The minimum atomic E-state index is -0.101. The highest BCUT2D eigenvalue weighted by Gasteiger charge is 2.24. The van der Waals surface area contributed by atoms with Crippen LogP contribution in [-0.2, 0) is 0 Å². The maximum Gasteiger partial charge on any atom is 0.165 e. The van der Waals surface area contributed by atoms with Crippen molar-refractivity contribution in [2.24, 2.45) is 5.92 Å². The van der Waals surface area contributed by atoms with E-state index in [4.69, 9.17) is 9.47 Å². The van der Waals surface area contributed by atoms with E-state index in [1.807, 2.05) is 18.2 Å². The summed E-state index contributed by atoms with van der Waals surface area (Å²) in [6.45, 7) is 1.00. The molecule has 0 aliphatic heterocycles. The van der Waals surface area contributed by atoms with Gasteiger partial charge >= 0.3 is 0 Å². The third kappa shape index (κ3) is 2.94. The highest BCUT2D eigenvalue weighted by molar-refractivity contribution is 5.48. The molecule has 1 atom stereocenters. The number of methoxy groups -OCH3 is 2. The van der Waals surface area contributed by atoms with Crippen LogP contribution in [0.3, 0.4) is 0 Å². The molecule has 1 fully saturated rings. The van der Waals surface area contributed by atoms with Gasteiger partial charge in [0, 0.05) is 5.56 Å². The van der Waals surface area contributed by atoms with Crippen LogP contribution in [0.1, 0.15) is 24.4 Å². The van der Waals surface area contributed by atoms with Crippen molar-refractivity contribution in [2.75, 3.05) is 27.4 Å². The number of hydrogen-bond donors (Lipinski definition) is 2. The Kier molecular flexibility index (Phi) is 4.44. The Labute approximate surface area is 108 Å². The number of aliphatic hydroxyl groups is 1. The second-order valence-electron chi connectivity index (χ2n) is 4.67. The predicted molar refractivity (Wildman–Crippen MR) is 70.1 cm³/mol. The topological polar surface area (TPSA) is 50.7 Å². The van der Waals surface area contributed by atoms with E-state index in [2.05, 4.69) is 5.32 Å². The Morgan fingerprint density at radius 2 is 2.11 bits per heavy atom. The highest BCUT2D eigenvalue weighted by Crippen LogP contribution is 2.35. The molecule has 1 saturated carbocycles. The maximum atomic E-state index is 9.54. The summed E-state index contributed by atoms with van der Waals surface area (Å²) in [7, 11) is 3.24. The number of hydrogen-bond acceptors (Lipinski definition) is 4. The number of aliphatic hydroxyl groups excluding tert-OH is 1. The zero-order valence-corrected chi connectivity index (χ0v) is 11.0. The van der Waals surface area contributed by atoms with Crippen molar-refractivity contribution in [2.45, 2.75) is 18.9 Å². The van der Waals surface area contributed by atoms with Crippen LogP contribution in [-0.4, -0.2) is 32.5 Å². The number of benzene rings is 1. The summed E-state index contributed by atoms with van der Waals surface area (Å²) in [5.41, 5.74) is 0.944. The molecule has 0 heterocycles. The Morgan fingerprint density at radius 3 is 2.67 bits per heavy atom. The molecule has 1 aromatic rings. The average molecular weight is 251 g/mol. The second-order valence-corrected chi connectivity index (χ2v) is 4.67. The zero-order chi connectivity index (χ0) is 13.0. The van der Waals surface area contributed by atoms with Gasteiger partial charge in [0.15, 0.2) is 11.5 Å². The number of nitrogens with one attached hydrogen (secondary N) is 1. The summed E-state index contributed by atoms with van der Waals surface area (Å²) in [4.78, 5) is 0. The van der Waals surface area contributed by atoms with Crippen LogP contribution >= 0.6 is 0 Å². The van der Waals surface area contributed by atoms with E-state index < -0.39 is 0 Å². The molecule has 4 heteroatoms. The lowest BCUT2D eigenvalue weighted by molar-refractivity contribution is 0.239. The van der Waals surface area contributed by atoms with E-state index in [9.17, 15) is 5.11 Å². The van der Waals surface area contributed by atoms with Crippen LogP contribution in [0.2, 0.25) is 0 Å². The molecule has 4 nitrogen and oxygen atoms in total. The van der Waals surface area contributed by atoms with Crippen LogP contribution in [0.4, 0.5) is 0 Å². The van der Waals surface area contributed by atoms with Gasteiger partial charge in [-0.2, -0.15) is 0 Å². The molecule has 1 aromatic carbocycles. The SMILES string of the molecule is COc1cccc(C(CO)NCC2CC2)c1OC. The molecule has 0 spiro atoms. The lowest BCUT2D eigenvalue weighted by Gasteiger charge is -2.20. The largest absolute Gasteiger partial charge is 0.493 e. The van der Waals surface area contributed by atoms with Gasteiger partial charge in [-0.3, -0.25) is 0 Å². The molecule has 0 aromatic heterocycles. The molecule has 2 N–H and O–H groups in total. The van der Waals surface area contributed by atoms with Crippen LogP contribution in [0.15, 0.2) is 18.2 Å². The molecule has 100 valence electrons. The van der Waals surface area contributed by atoms with Crippen molar-refractivity contribution in [1.29, 1.82) is 0 Å². The van der Waals surface area contributed by atoms with E-state index in [0.29, 0.717) is 11.5 Å². The highest BCUT2D eigenvalue weighted by atomic mass is 16.5. The van der Waals surface area contributed by atoms with Crippen molar-refractivity contribution < 1.29 is 14.6 Å². The Morgan fingerprint density at radius 1 is 1.33 bits per heavy atom. The molecule has 1 unspecified atom stereocenters. The molecule has 2 rings (SSSR count). The summed E-state index contributed by atoms with van der Waals surface area (Å²) >= 11 is 0. The van der Waals surface area contributed by atoms with Gasteiger partial charge < -0.3 is 19.9 Å². The van der Waals surface area contributed by atoms with Gasteiger partial charge in [0.25, 0.3) is 0 Å². The minimum absolute atomic E-state index is 0.0518. The lowest BCUT2D eigenvalue weighted by Crippen LogP contribution is -2.26. The van der Waals surface area contributed by atoms with E-state index in [0.717, 1.165) is 18.0 Å². The lowest BCUT2D eigenvalue weighted by atomic mass is 10.1. The Hall–Kier alpha value is -1.26. The first kappa shape index (κ1) is 13.2. The number of rotatable bonds is 7. The smallest absolute Gasteiger partial charge is 0.165 e. The van der Waals surface area contributed by atoms with E-state index >= 15 is 0 Å². The molecule has 1 aliphatic carbocycles. The third-order valence-corrected chi connectivity index (χ3v) is 3.34. The zero-order valence-electron chi connectivity index (χ0n) is 11.0.